The van der Waals surface area contributed by atoms with Crippen LogP contribution in [0.15, 0.2) is 24.3 Å². The van der Waals surface area contributed by atoms with E-state index >= 15 is 0 Å². The highest BCUT2D eigenvalue weighted by Crippen LogP contribution is 2.20. The van der Waals surface area contributed by atoms with Crippen LogP contribution >= 0.6 is 11.8 Å². The number of anilines is 1. The molecule has 0 bridgehead atoms. The second-order valence-corrected chi connectivity index (χ2v) is 4.25. The second kappa shape index (κ2) is 14.1. The predicted molar refractivity (Wildman–Crippen MR) is 85.3 cm³/mol. The SMILES string of the molecule is CC.CC.CCSCc1ccccc1NC(C)=O. The van der Waals surface area contributed by atoms with Gasteiger partial charge in [0, 0.05) is 18.4 Å². The Morgan fingerprint density at radius 3 is 2.22 bits per heavy atom. The van der Waals surface area contributed by atoms with Crippen LogP contribution in [0.4, 0.5) is 5.69 Å². The van der Waals surface area contributed by atoms with Crippen molar-refractivity contribution in [1.29, 1.82) is 0 Å². The first-order valence-corrected chi connectivity index (χ1v) is 7.82. The average molecular weight is 269 g/mol. The maximum absolute atomic E-state index is 10.9. The number of hydrogen-bond acceptors (Lipinski definition) is 2. The minimum atomic E-state index is -0.0149. The number of hydrogen-bond donors (Lipinski definition) is 1. The van der Waals surface area contributed by atoms with E-state index in [1.165, 1.54) is 12.5 Å². The third-order valence-corrected chi connectivity index (χ3v) is 2.71. The molecule has 1 aromatic rings. The maximum Gasteiger partial charge on any atom is 0.221 e. The van der Waals surface area contributed by atoms with Crippen molar-refractivity contribution in [3.63, 3.8) is 0 Å². The molecule has 0 radical (unpaired) electrons. The number of carbonyl (C=O) groups excluding carboxylic acids is 1. The van der Waals surface area contributed by atoms with Gasteiger partial charge in [0.15, 0.2) is 0 Å². The summed E-state index contributed by atoms with van der Waals surface area (Å²) in [5.41, 5.74) is 2.12. The van der Waals surface area contributed by atoms with Crippen molar-refractivity contribution in [2.45, 2.75) is 47.3 Å². The number of benzene rings is 1. The van der Waals surface area contributed by atoms with Gasteiger partial charge in [-0.1, -0.05) is 52.8 Å². The van der Waals surface area contributed by atoms with E-state index in [1.54, 1.807) is 0 Å². The zero-order valence-corrected chi connectivity index (χ0v) is 13.4. The first-order chi connectivity index (χ1) is 8.74. The molecule has 0 atom stereocenters. The van der Waals surface area contributed by atoms with E-state index in [1.807, 2.05) is 63.7 Å². The maximum atomic E-state index is 10.9. The Labute approximate surface area is 117 Å². The van der Waals surface area contributed by atoms with Gasteiger partial charge in [-0.25, -0.2) is 0 Å². The molecule has 18 heavy (non-hydrogen) atoms. The Kier molecular flexibility index (Phi) is 15.2. The highest BCUT2D eigenvalue weighted by Gasteiger charge is 2.01. The molecule has 0 saturated carbocycles. The number of amides is 1. The summed E-state index contributed by atoms with van der Waals surface area (Å²) in [6, 6.07) is 7.92. The Bertz CT molecular complexity index is 313. The number of para-hydroxylation sites is 1. The fourth-order valence-electron chi connectivity index (χ4n) is 1.17. The molecular weight excluding hydrogens is 242 g/mol. The number of rotatable bonds is 4. The smallest absolute Gasteiger partial charge is 0.221 e. The Morgan fingerprint density at radius 1 is 1.17 bits per heavy atom. The van der Waals surface area contributed by atoms with Crippen molar-refractivity contribution in [2.75, 3.05) is 11.1 Å². The molecular formula is C15H27NOS. The Balaban J connectivity index is 0. The van der Waals surface area contributed by atoms with Crippen molar-refractivity contribution in [3.8, 4) is 0 Å². The molecule has 2 nitrogen and oxygen atoms in total. The van der Waals surface area contributed by atoms with Crippen LogP contribution < -0.4 is 5.32 Å². The van der Waals surface area contributed by atoms with Gasteiger partial charge in [-0.2, -0.15) is 11.8 Å². The fourth-order valence-corrected chi connectivity index (χ4v) is 1.85. The van der Waals surface area contributed by atoms with Gasteiger partial charge in [0.1, 0.15) is 0 Å². The molecule has 1 amide bonds. The lowest BCUT2D eigenvalue weighted by molar-refractivity contribution is -0.114. The molecule has 1 rings (SSSR count). The largest absolute Gasteiger partial charge is 0.326 e. The van der Waals surface area contributed by atoms with Crippen LogP contribution in [0.5, 0.6) is 0 Å². The molecule has 1 N–H and O–H groups in total. The molecule has 0 aliphatic carbocycles. The molecule has 0 unspecified atom stereocenters. The highest BCUT2D eigenvalue weighted by atomic mass is 32.2. The van der Waals surface area contributed by atoms with E-state index in [-0.39, 0.29) is 5.91 Å². The summed E-state index contributed by atoms with van der Waals surface area (Å²) < 4.78 is 0. The van der Waals surface area contributed by atoms with Crippen LogP contribution in [0.3, 0.4) is 0 Å². The van der Waals surface area contributed by atoms with E-state index in [4.69, 9.17) is 0 Å². The lowest BCUT2D eigenvalue weighted by Gasteiger charge is -2.08. The molecule has 3 heteroatoms. The molecule has 0 heterocycles. The molecule has 0 fully saturated rings. The van der Waals surface area contributed by atoms with Gasteiger partial charge in [-0.05, 0) is 17.4 Å². The summed E-state index contributed by atoms with van der Waals surface area (Å²) in [6.07, 6.45) is 0. The quantitative estimate of drug-likeness (QED) is 0.838. The minimum Gasteiger partial charge on any atom is -0.326 e. The van der Waals surface area contributed by atoms with Crippen molar-refractivity contribution in [1.82, 2.24) is 0 Å². The first-order valence-electron chi connectivity index (χ1n) is 6.67. The number of nitrogens with one attached hydrogen (secondary N) is 1. The third kappa shape index (κ3) is 9.11. The lowest BCUT2D eigenvalue weighted by Crippen LogP contribution is -2.07. The van der Waals surface area contributed by atoms with Crippen molar-refractivity contribution >= 4 is 23.4 Å². The van der Waals surface area contributed by atoms with Crippen molar-refractivity contribution in [2.24, 2.45) is 0 Å². The number of thioether (sulfide) groups is 1. The van der Waals surface area contributed by atoms with E-state index < -0.39 is 0 Å². The third-order valence-electron chi connectivity index (χ3n) is 1.79. The summed E-state index contributed by atoms with van der Waals surface area (Å²) in [6.45, 7) is 11.7. The normalized spacial score (nSPS) is 8.33. The topological polar surface area (TPSA) is 29.1 Å². The van der Waals surface area contributed by atoms with Crippen LogP contribution in [0.2, 0.25) is 0 Å². The van der Waals surface area contributed by atoms with E-state index in [0.717, 1.165) is 17.2 Å². The van der Waals surface area contributed by atoms with Crippen LogP contribution in [0, 0.1) is 0 Å². The summed E-state index contributed by atoms with van der Waals surface area (Å²) in [4.78, 5) is 10.9. The van der Waals surface area contributed by atoms with Crippen LogP contribution in [-0.4, -0.2) is 11.7 Å². The minimum absolute atomic E-state index is 0.0149. The van der Waals surface area contributed by atoms with Crippen molar-refractivity contribution in [3.05, 3.63) is 29.8 Å². The summed E-state index contributed by atoms with van der Waals surface area (Å²) in [7, 11) is 0. The summed E-state index contributed by atoms with van der Waals surface area (Å²) >= 11 is 1.85. The van der Waals surface area contributed by atoms with Crippen molar-refractivity contribution < 1.29 is 4.79 Å². The highest BCUT2D eigenvalue weighted by molar-refractivity contribution is 7.98. The van der Waals surface area contributed by atoms with Crippen LogP contribution in [0.25, 0.3) is 0 Å². The van der Waals surface area contributed by atoms with Gasteiger partial charge >= 0.3 is 0 Å². The van der Waals surface area contributed by atoms with E-state index in [2.05, 4.69) is 12.2 Å². The number of carbonyl (C=O) groups is 1. The molecule has 0 saturated heterocycles. The van der Waals surface area contributed by atoms with Crippen LogP contribution in [-0.2, 0) is 10.5 Å². The predicted octanol–water partition coefficient (Wildman–Crippen LogP) is 4.95. The Hall–Kier alpha value is -0.960. The van der Waals surface area contributed by atoms with Crippen LogP contribution in [0.1, 0.15) is 47.1 Å². The van der Waals surface area contributed by atoms with E-state index in [0.29, 0.717) is 0 Å². The monoisotopic (exact) mass is 269 g/mol. The molecule has 0 aliphatic heterocycles. The Morgan fingerprint density at radius 2 is 1.72 bits per heavy atom. The molecule has 1 aromatic carbocycles. The second-order valence-electron chi connectivity index (χ2n) is 2.98. The zero-order chi connectivity index (χ0) is 14.4. The first kappa shape index (κ1) is 19.4. The van der Waals surface area contributed by atoms with Gasteiger partial charge < -0.3 is 5.32 Å². The van der Waals surface area contributed by atoms with Gasteiger partial charge in [0.05, 0.1) is 0 Å². The van der Waals surface area contributed by atoms with Gasteiger partial charge in [0.25, 0.3) is 0 Å². The van der Waals surface area contributed by atoms with Gasteiger partial charge in [0.2, 0.25) is 5.91 Å². The molecule has 0 spiro atoms. The fraction of sp³-hybridized carbons (Fsp3) is 0.533. The average Bonchev–Trinajstić information content (AvgIpc) is 2.42. The molecule has 104 valence electrons. The molecule has 0 aliphatic rings. The van der Waals surface area contributed by atoms with Gasteiger partial charge in [-0.3, -0.25) is 4.79 Å². The summed E-state index contributed by atoms with van der Waals surface area (Å²) in [5.74, 6) is 2.03. The van der Waals surface area contributed by atoms with Gasteiger partial charge in [-0.15, -0.1) is 0 Å². The van der Waals surface area contributed by atoms with E-state index in [9.17, 15) is 4.79 Å². The zero-order valence-electron chi connectivity index (χ0n) is 12.5. The molecule has 0 aromatic heterocycles. The standard InChI is InChI=1S/C11H15NOS.2C2H6/c1-3-14-8-10-6-4-5-7-11(10)12-9(2)13;2*1-2/h4-7H,3,8H2,1-2H3,(H,12,13);2*1-2H3. The summed E-state index contributed by atoms with van der Waals surface area (Å²) in [5, 5.41) is 2.83. The lowest BCUT2D eigenvalue weighted by atomic mass is 10.2.